The first-order valence-electron chi connectivity index (χ1n) is 5.40. The van der Waals surface area contributed by atoms with E-state index in [0.29, 0.717) is 19.6 Å². The van der Waals surface area contributed by atoms with Crippen molar-refractivity contribution in [2.24, 2.45) is 0 Å². The Hall–Kier alpha value is -1.73. The molecule has 17 heavy (non-hydrogen) atoms. The second-order valence-electron chi connectivity index (χ2n) is 3.73. The van der Waals surface area contributed by atoms with Crippen LogP contribution in [0.1, 0.15) is 17.1 Å². The van der Waals surface area contributed by atoms with E-state index in [1.165, 1.54) is 0 Å². The third-order valence-electron chi connectivity index (χ3n) is 2.20. The van der Waals surface area contributed by atoms with Gasteiger partial charge in [0.2, 0.25) is 0 Å². The van der Waals surface area contributed by atoms with Crippen molar-refractivity contribution in [1.29, 1.82) is 0 Å². The molecule has 92 valence electrons. The van der Waals surface area contributed by atoms with Gasteiger partial charge in [-0.3, -0.25) is 0 Å². The fourth-order valence-electron chi connectivity index (χ4n) is 1.44. The normalized spacial score (nSPS) is 10.9. The zero-order valence-electron chi connectivity index (χ0n) is 9.63. The van der Waals surface area contributed by atoms with Gasteiger partial charge >= 0.3 is 0 Å². The lowest BCUT2D eigenvalue weighted by Crippen LogP contribution is -2.12. The molecule has 0 saturated heterocycles. The van der Waals surface area contributed by atoms with Crippen LogP contribution < -0.4 is 5.32 Å². The second kappa shape index (κ2) is 5.55. The smallest absolute Gasteiger partial charge is 0.150 e. The van der Waals surface area contributed by atoms with Gasteiger partial charge in [-0.2, -0.15) is 0 Å². The van der Waals surface area contributed by atoms with Crippen molar-refractivity contribution in [3.63, 3.8) is 0 Å². The van der Waals surface area contributed by atoms with Crippen molar-refractivity contribution in [2.45, 2.75) is 26.6 Å². The predicted molar refractivity (Wildman–Crippen MR) is 58.9 cm³/mol. The molecule has 0 bridgehead atoms. The Kier molecular flexibility index (Phi) is 3.84. The lowest BCUT2D eigenvalue weighted by atomic mass is 10.4. The molecule has 0 aromatic carbocycles. The van der Waals surface area contributed by atoms with Crippen LogP contribution in [-0.2, 0) is 19.6 Å². The van der Waals surface area contributed by atoms with Gasteiger partial charge in [-0.25, -0.2) is 4.68 Å². The Morgan fingerprint density at radius 3 is 3.06 bits per heavy atom. The molecule has 2 N–H and O–H groups in total. The molecule has 2 rings (SSSR count). The Morgan fingerprint density at radius 2 is 2.35 bits per heavy atom. The first kappa shape index (κ1) is 11.7. The van der Waals surface area contributed by atoms with Crippen molar-refractivity contribution < 1.29 is 9.63 Å². The maximum absolute atomic E-state index is 8.73. The lowest BCUT2D eigenvalue weighted by Gasteiger charge is -1.97. The summed E-state index contributed by atoms with van der Waals surface area (Å²) in [4.78, 5) is 0. The molecule has 7 nitrogen and oxygen atoms in total. The number of nitrogens with one attached hydrogen (secondary N) is 1. The van der Waals surface area contributed by atoms with Gasteiger partial charge in [-0.05, 0) is 6.92 Å². The largest absolute Gasteiger partial charge is 0.394 e. The van der Waals surface area contributed by atoms with E-state index in [0.717, 1.165) is 17.1 Å². The van der Waals surface area contributed by atoms with Crippen molar-refractivity contribution >= 4 is 0 Å². The lowest BCUT2D eigenvalue weighted by molar-refractivity contribution is 0.268. The number of aliphatic hydroxyl groups is 1. The molecule has 2 aromatic rings. The average Bonchev–Trinajstić information content (AvgIpc) is 2.89. The van der Waals surface area contributed by atoms with E-state index < -0.39 is 0 Å². The summed E-state index contributed by atoms with van der Waals surface area (Å²) in [7, 11) is 0. The van der Waals surface area contributed by atoms with Crippen LogP contribution >= 0.6 is 0 Å². The van der Waals surface area contributed by atoms with E-state index >= 15 is 0 Å². The first-order chi connectivity index (χ1) is 8.28. The minimum absolute atomic E-state index is 0.0631. The molecular formula is C10H15N5O2. The highest BCUT2D eigenvalue weighted by atomic mass is 16.5. The van der Waals surface area contributed by atoms with Gasteiger partial charge in [0.05, 0.1) is 31.1 Å². The molecule has 0 aliphatic carbocycles. The highest BCUT2D eigenvalue weighted by molar-refractivity contribution is 5.03. The first-order valence-corrected chi connectivity index (χ1v) is 5.40. The molecule has 0 saturated carbocycles. The van der Waals surface area contributed by atoms with Gasteiger partial charge in [0.25, 0.3) is 0 Å². The zero-order chi connectivity index (χ0) is 12.1. The summed E-state index contributed by atoms with van der Waals surface area (Å²) < 4.78 is 6.67. The van der Waals surface area contributed by atoms with Gasteiger partial charge in [-0.15, -0.1) is 5.10 Å². The Labute approximate surface area is 98.4 Å². The minimum atomic E-state index is 0.0631. The molecule has 0 aliphatic heterocycles. The van der Waals surface area contributed by atoms with Crippen LogP contribution in [0, 0.1) is 6.92 Å². The summed E-state index contributed by atoms with van der Waals surface area (Å²) in [6, 6.07) is 1.88. The molecule has 7 heteroatoms. The van der Waals surface area contributed by atoms with E-state index in [2.05, 4.69) is 20.8 Å². The van der Waals surface area contributed by atoms with Crippen LogP contribution in [0.25, 0.3) is 0 Å². The van der Waals surface area contributed by atoms with E-state index in [-0.39, 0.29) is 6.61 Å². The van der Waals surface area contributed by atoms with Crippen molar-refractivity contribution in [1.82, 2.24) is 25.5 Å². The van der Waals surface area contributed by atoms with Gasteiger partial charge < -0.3 is 14.9 Å². The van der Waals surface area contributed by atoms with Crippen LogP contribution in [0.3, 0.4) is 0 Å². The molecule has 0 unspecified atom stereocenters. The fraction of sp³-hybridized carbons (Fsp3) is 0.500. The van der Waals surface area contributed by atoms with E-state index in [9.17, 15) is 0 Å². The maximum atomic E-state index is 8.73. The summed E-state index contributed by atoms with van der Waals surface area (Å²) in [5.74, 6) is 0.797. The topological polar surface area (TPSA) is 89.0 Å². The molecule has 2 heterocycles. The van der Waals surface area contributed by atoms with E-state index in [1.807, 2.05) is 13.0 Å². The minimum Gasteiger partial charge on any atom is -0.394 e. The summed E-state index contributed by atoms with van der Waals surface area (Å²) >= 11 is 0. The van der Waals surface area contributed by atoms with Crippen LogP contribution in [0.2, 0.25) is 0 Å². The molecule has 0 amide bonds. The van der Waals surface area contributed by atoms with Gasteiger partial charge in [0.15, 0.2) is 5.76 Å². The Bertz CT molecular complexity index is 465. The Balaban J connectivity index is 1.77. The second-order valence-corrected chi connectivity index (χ2v) is 3.73. The van der Waals surface area contributed by atoms with Crippen LogP contribution in [-0.4, -0.2) is 31.9 Å². The number of aryl methyl sites for hydroxylation is 1. The highest BCUT2D eigenvalue weighted by Gasteiger charge is 2.02. The van der Waals surface area contributed by atoms with E-state index in [4.69, 9.17) is 9.63 Å². The van der Waals surface area contributed by atoms with E-state index in [1.54, 1.807) is 10.9 Å². The number of hydrogen-bond acceptors (Lipinski definition) is 6. The van der Waals surface area contributed by atoms with Crippen molar-refractivity contribution in [3.05, 3.63) is 29.4 Å². The zero-order valence-corrected chi connectivity index (χ0v) is 9.63. The molecular weight excluding hydrogens is 222 g/mol. The van der Waals surface area contributed by atoms with Crippen molar-refractivity contribution in [2.75, 3.05) is 6.61 Å². The summed E-state index contributed by atoms with van der Waals surface area (Å²) in [5.41, 5.74) is 1.70. The highest BCUT2D eigenvalue weighted by Crippen LogP contribution is 2.01. The van der Waals surface area contributed by atoms with Gasteiger partial charge in [0.1, 0.15) is 0 Å². The SMILES string of the molecule is Cc1cc(CNCc2cn(CCO)nn2)on1. The number of aliphatic hydroxyl groups excluding tert-OH is 1. The monoisotopic (exact) mass is 237 g/mol. The van der Waals surface area contributed by atoms with Gasteiger partial charge in [0, 0.05) is 18.8 Å². The Morgan fingerprint density at radius 1 is 1.47 bits per heavy atom. The number of nitrogens with zero attached hydrogens (tertiary/aromatic N) is 4. The van der Waals surface area contributed by atoms with Crippen molar-refractivity contribution in [3.8, 4) is 0 Å². The molecule has 0 atom stereocenters. The number of aromatic nitrogens is 4. The van der Waals surface area contributed by atoms with Gasteiger partial charge in [-0.1, -0.05) is 10.4 Å². The average molecular weight is 237 g/mol. The third-order valence-corrected chi connectivity index (χ3v) is 2.20. The molecule has 0 aliphatic rings. The third kappa shape index (κ3) is 3.36. The molecule has 2 aromatic heterocycles. The van der Waals surface area contributed by atoms with Crippen LogP contribution in [0.5, 0.6) is 0 Å². The fourth-order valence-corrected chi connectivity index (χ4v) is 1.44. The van der Waals surface area contributed by atoms with Crippen LogP contribution in [0.4, 0.5) is 0 Å². The predicted octanol–water partition coefficient (Wildman–Crippen LogP) is -0.143. The number of rotatable bonds is 6. The molecule has 0 radical (unpaired) electrons. The summed E-state index contributed by atoms with van der Waals surface area (Å²) in [5, 5.41) is 23.5. The molecule has 0 spiro atoms. The standard InChI is InChI=1S/C10H15N5O2/c1-8-4-10(17-13-8)6-11-5-9-7-15(2-3-16)14-12-9/h4,7,11,16H,2-3,5-6H2,1H3. The quantitative estimate of drug-likeness (QED) is 0.726. The molecule has 0 fully saturated rings. The summed E-state index contributed by atoms with van der Waals surface area (Å²) in [6.07, 6.45) is 1.80. The summed E-state index contributed by atoms with van der Waals surface area (Å²) in [6.45, 7) is 3.62. The maximum Gasteiger partial charge on any atom is 0.150 e. The number of hydrogen-bond donors (Lipinski definition) is 2. The van der Waals surface area contributed by atoms with Crippen LogP contribution in [0.15, 0.2) is 16.8 Å².